The summed E-state index contributed by atoms with van der Waals surface area (Å²) in [5, 5.41) is 39.7. The topological polar surface area (TPSA) is 90.2 Å². The Hall–Kier alpha value is -1.28. The summed E-state index contributed by atoms with van der Waals surface area (Å²) in [5.74, 6) is 0.541. The van der Waals surface area contributed by atoms with Gasteiger partial charge in [-0.15, -0.1) is 11.8 Å². The van der Waals surface area contributed by atoms with Crippen LogP contribution in [0.25, 0.3) is 0 Å². The fraction of sp³-hybridized carbons (Fsp3) is 0.400. The van der Waals surface area contributed by atoms with Gasteiger partial charge >= 0.3 is 0 Å². The molecule has 0 spiro atoms. The van der Waals surface area contributed by atoms with Gasteiger partial charge < -0.3 is 25.2 Å². The number of hydrogen-bond acceptors (Lipinski definition) is 6. The van der Waals surface area contributed by atoms with E-state index in [1.165, 1.54) is 0 Å². The summed E-state index contributed by atoms with van der Waals surface area (Å²) in [7, 11) is 0. The van der Waals surface area contributed by atoms with Gasteiger partial charge in [-0.3, -0.25) is 0 Å². The van der Waals surface area contributed by atoms with Crippen LogP contribution in [0.2, 0.25) is 5.02 Å². The Kier molecular flexibility index (Phi) is 6.68. The predicted octanol–water partition coefficient (Wildman–Crippen LogP) is 2.13. The first kappa shape index (κ1) is 20.5. The third-order valence-electron chi connectivity index (χ3n) is 4.76. The molecule has 7 heteroatoms. The number of aryl methyl sites for hydroxylation is 1. The Bertz CT molecular complexity index is 785. The van der Waals surface area contributed by atoms with E-state index in [2.05, 4.69) is 0 Å². The SMILES string of the molecule is Cc1ccccc1Cc1cc(Cl)ccc1O[C@@H]1S[C@H](CO)[C@@H](O)[C@H](O)[C@H]1O. The first-order chi connectivity index (χ1) is 12.9. The van der Waals surface area contributed by atoms with Crippen molar-refractivity contribution < 1.29 is 25.2 Å². The summed E-state index contributed by atoms with van der Waals surface area (Å²) in [6, 6.07) is 13.3. The smallest absolute Gasteiger partial charge is 0.173 e. The highest BCUT2D eigenvalue weighted by Crippen LogP contribution is 2.36. The third-order valence-corrected chi connectivity index (χ3v) is 6.41. The van der Waals surface area contributed by atoms with Gasteiger partial charge in [-0.05, 0) is 36.2 Å². The van der Waals surface area contributed by atoms with E-state index >= 15 is 0 Å². The predicted molar refractivity (Wildman–Crippen MR) is 106 cm³/mol. The quantitative estimate of drug-likeness (QED) is 0.603. The molecule has 0 aliphatic carbocycles. The van der Waals surface area contributed by atoms with Crippen molar-refractivity contribution in [3.63, 3.8) is 0 Å². The zero-order valence-corrected chi connectivity index (χ0v) is 16.4. The van der Waals surface area contributed by atoms with E-state index in [0.717, 1.165) is 28.5 Å². The molecule has 0 amide bonds. The maximum absolute atomic E-state index is 10.3. The molecule has 5 atom stereocenters. The number of hydrogen-bond donors (Lipinski definition) is 4. The maximum atomic E-state index is 10.3. The standard InChI is InChI=1S/C20H23ClO5S/c1-11-4-2-3-5-12(11)8-13-9-14(21)6-7-15(13)26-20-19(25)18(24)17(23)16(10-22)27-20/h2-7,9,16-20,22-25H,8,10H2,1H3/t16-,17-,18+,19-,20-/m1/s1. The fourth-order valence-electron chi connectivity index (χ4n) is 3.10. The molecule has 0 unspecified atom stereocenters. The van der Waals surface area contributed by atoms with Crippen molar-refractivity contribution in [2.75, 3.05) is 6.61 Å². The molecule has 1 aliphatic rings. The lowest BCUT2D eigenvalue weighted by Gasteiger charge is -2.39. The minimum absolute atomic E-state index is 0.327. The van der Waals surface area contributed by atoms with Crippen LogP contribution in [0, 0.1) is 6.92 Å². The number of thioether (sulfide) groups is 1. The van der Waals surface area contributed by atoms with Crippen molar-refractivity contribution in [1.82, 2.24) is 0 Å². The first-order valence-electron chi connectivity index (χ1n) is 8.71. The summed E-state index contributed by atoms with van der Waals surface area (Å²) in [5.41, 5.74) is 2.31. The Labute approximate surface area is 167 Å². The number of aliphatic hydroxyl groups excluding tert-OH is 4. The molecule has 2 aromatic carbocycles. The molecule has 2 aromatic rings. The molecule has 0 radical (unpaired) electrons. The molecular formula is C20H23ClO5S. The van der Waals surface area contributed by atoms with Gasteiger partial charge in [0.15, 0.2) is 5.44 Å². The third kappa shape index (κ3) is 4.59. The Morgan fingerprint density at radius 3 is 2.44 bits per heavy atom. The van der Waals surface area contributed by atoms with Gasteiger partial charge in [0.1, 0.15) is 18.0 Å². The van der Waals surface area contributed by atoms with E-state index in [9.17, 15) is 20.4 Å². The average molecular weight is 411 g/mol. The number of halogens is 1. The van der Waals surface area contributed by atoms with Crippen LogP contribution in [0.15, 0.2) is 42.5 Å². The van der Waals surface area contributed by atoms with Crippen molar-refractivity contribution in [1.29, 1.82) is 0 Å². The molecule has 1 saturated heterocycles. The molecule has 0 saturated carbocycles. The minimum atomic E-state index is -1.39. The van der Waals surface area contributed by atoms with Gasteiger partial charge in [0.05, 0.1) is 18.0 Å². The monoisotopic (exact) mass is 410 g/mol. The average Bonchev–Trinajstić information content (AvgIpc) is 2.66. The van der Waals surface area contributed by atoms with E-state index < -0.39 is 29.0 Å². The van der Waals surface area contributed by atoms with Crippen LogP contribution in [0.4, 0.5) is 0 Å². The van der Waals surface area contributed by atoms with Crippen molar-refractivity contribution in [3.8, 4) is 5.75 Å². The molecular weight excluding hydrogens is 388 g/mol. The van der Waals surface area contributed by atoms with Crippen LogP contribution in [0.3, 0.4) is 0 Å². The summed E-state index contributed by atoms with van der Waals surface area (Å²) < 4.78 is 5.99. The number of benzene rings is 2. The Balaban J connectivity index is 1.85. The molecule has 3 rings (SSSR count). The molecule has 146 valence electrons. The first-order valence-corrected chi connectivity index (χ1v) is 10.0. The highest BCUT2D eigenvalue weighted by molar-refractivity contribution is 8.00. The summed E-state index contributed by atoms with van der Waals surface area (Å²) in [6.07, 6.45) is -3.29. The van der Waals surface area contributed by atoms with Crippen LogP contribution in [-0.2, 0) is 6.42 Å². The van der Waals surface area contributed by atoms with Gasteiger partial charge in [0, 0.05) is 17.0 Å². The van der Waals surface area contributed by atoms with Gasteiger partial charge in [-0.1, -0.05) is 35.9 Å². The Morgan fingerprint density at radius 2 is 1.74 bits per heavy atom. The van der Waals surface area contributed by atoms with Gasteiger partial charge in [-0.2, -0.15) is 0 Å². The largest absolute Gasteiger partial charge is 0.477 e. The lowest BCUT2D eigenvalue weighted by atomic mass is 10.00. The van der Waals surface area contributed by atoms with E-state index in [1.807, 2.05) is 37.3 Å². The van der Waals surface area contributed by atoms with E-state index in [4.69, 9.17) is 16.3 Å². The van der Waals surface area contributed by atoms with E-state index in [1.54, 1.807) is 12.1 Å². The van der Waals surface area contributed by atoms with Crippen LogP contribution >= 0.6 is 23.4 Å². The lowest BCUT2D eigenvalue weighted by Crippen LogP contribution is -2.55. The Morgan fingerprint density at radius 1 is 1.00 bits per heavy atom. The minimum Gasteiger partial charge on any atom is -0.477 e. The zero-order valence-electron chi connectivity index (χ0n) is 14.8. The van der Waals surface area contributed by atoms with Crippen molar-refractivity contribution in [2.45, 2.75) is 42.3 Å². The molecule has 0 aromatic heterocycles. The fourth-order valence-corrected chi connectivity index (χ4v) is 4.53. The van der Waals surface area contributed by atoms with E-state index in [0.29, 0.717) is 17.2 Å². The summed E-state index contributed by atoms with van der Waals surface area (Å²) in [6.45, 7) is 1.71. The van der Waals surface area contributed by atoms with Crippen molar-refractivity contribution in [3.05, 3.63) is 64.2 Å². The van der Waals surface area contributed by atoms with Crippen molar-refractivity contribution in [2.24, 2.45) is 0 Å². The second-order valence-electron chi connectivity index (χ2n) is 6.67. The maximum Gasteiger partial charge on any atom is 0.173 e. The molecule has 0 bridgehead atoms. The number of rotatable bonds is 5. The van der Waals surface area contributed by atoms with Gasteiger partial charge in [0.2, 0.25) is 0 Å². The second kappa shape index (κ2) is 8.82. The van der Waals surface area contributed by atoms with Crippen LogP contribution in [0.5, 0.6) is 5.75 Å². The second-order valence-corrected chi connectivity index (χ2v) is 8.45. The molecule has 1 fully saturated rings. The van der Waals surface area contributed by atoms with Crippen LogP contribution < -0.4 is 4.74 Å². The number of ether oxygens (including phenoxy) is 1. The normalized spacial score (nSPS) is 28.1. The zero-order chi connectivity index (χ0) is 19.6. The van der Waals surface area contributed by atoms with E-state index in [-0.39, 0.29) is 6.61 Å². The highest BCUT2D eigenvalue weighted by atomic mass is 35.5. The molecule has 1 aliphatic heterocycles. The molecule has 1 heterocycles. The summed E-state index contributed by atoms with van der Waals surface area (Å²) >= 11 is 7.27. The van der Waals surface area contributed by atoms with Crippen molar-refractivity contribution >= 4 is 23.4 Å². The molecule has 27 heavy (non-hydrogen) atoms. The van der Waals surface area contributed by atoms with Gasteiger partial charge in [0.25, 0.3) is 0 Å². The molecule has 4 N–H and O–H groups in total. The van der Waals surface area contributed by atoms with Gasteiger partial charge in [-0.25, -0.2) is 0 Å². The molecule has 5 nitrogen and oxygen atoms in total. The number of aliphatic hydroxyl groups is 4. The van der Waals surface area contributed by atoms with Crippen LogP contribution in [-0.4, -0.2) is 56.0 Å². The lowest BCUT2D eigenvalue weighted by molar-refractivity contribution is -0.0910. The van der Waals surface area contributed by atoms with Crippen LogP contribution in [0.1, 0.15) is 16.7 Å². The highest BCUT2D eigenvalue weighted by Gasteiger charge is 2.44. The summed E-state index contributed by atoms with van der Waals surface area (Å²) in [4.78, 5) is 0.